The Labute approximate surface area is 243 Å². The first-order chi connectivity index (χ1) is 19.2. The molecule has 0 saturated heterocycles. The fourth-order valence-corrected chi connectivity index (χ4v) is 6.25. The Hall–Kier alpha value is -3.21. The van der Waals surface area contributed by atoms with Crippen LogP contribution in [0.5, 0.6) is 11.5 Å². The van der Waals surface area contributed by atoms with Crippen molar-refractivity contribution in [2.45, 2.75) is 37.9 Å². The van der Waals surface area contributed by atoms with Crippen molar-refractivity contribution in [2.75, 3.05) is 44.3 Å². The lowest BCUT2D eigenvalue weighted by molar-refractivity contribution is -0.122. The minimum absolute atomic E-state index is 0.146. The zero-order chi connectivity index (χ0) is 28.4. The van der Waals surface area contributed by atoms with Crippen LogP contribution < -0.4 is 19.7 Å². The molecule has 2 aromatic carbocycles. The molecule has 0 unspecified atom stereocenters. The van der Waals surface area contributed by atoms with E-state index in [2.05, 4.69) is 26.1 Å². The number of nitrogens with one attached hydrogen (secondary N) is 1. The van der Waals surface area contributed by atoms with E-state index < -0.39 is 0 Å². The zero-order valence-corrected chi connectivity index (χ0v) is 24.6. The second kappa shape index (κ2) is 11.7. The summed E-state index contributed by atoms with van der Waals surface area (Å²) in [6.45, 7) is 7.29. The number of carbonyl (C=O) groups is 2. The van der Waals surface area contributed by atoms with E-state index in [9.17, 15) is 9.59 Å². The van der Waals surface area contributed by atoms with Gasteiger partial charge in [-0.15, -0.1) is 11.8 Å². The van der Waals surface area contributed by atoms with E-state index in [4.69, 9.17) is 30.9 Å². The van der Waals surface area contributed by atoms with Gasteiger partial charge in [-0.3, -0.25) is 14.5 Å². The van der Waals surface area contributed by atoms with Gasteiger partial charge in [-0.2, -0.15) is 5.10 Å². The van der Waals surface area contributed by atoms with Crippen LogP contribution in [-0.4, -0.2) is 60.9 Å². The number of hydrogen-bond donors (Lipinski definition) is 1. The molecule has 2 amide bonds. The Bertz CT molecular complexity index is 1420. The summed E-state index contributed by atoms with van der Waals surface area (Å²) in [5, 5.41) is 8.22. The highest BCUT2D eigenvalue weighted by Crippen LogP contribution is 2.50. The number of methoxy groups -OCH3 is 1. The molecule has 1 atom stereocenters. The van der Waals surface area contributed by atoms with Crippen molar-refractivity contribution in [3.8, 4) is 17.2 Å². The van der Waals surface area contributed by atoms with Crippen molar-refractivity contribution >= 4 is 41.0 Å². The van der Waals surface area contributed by atoms with E-state index in [0.717, 1.165) is 16.8 Å². The van der Waals surface area contributed by atoms with Crippen LogP contribution >= 0.6 is 23.4 Å². The molecular weight excluding hydrogens is 552 g/mol. The van der Waals surface area contributed by atoms with Crippen LogP contribution in [0.1, 0.15) is 49.3 Å². The monoisotopic (exact) mass is 584 g/mol. The summed E-state index contributed by atoms with van der Waals surface area (Å²) in [4.78, 5) is 28.4. The number of rotatable bonds is 8. The Morgan fingerprint density at radius 2 is 1.98 bits per heavy atom. The number of thioether (sulfide) groups is 1. The molecule has 11 heteroatoms. The predicted octanol–water partition coefficient (Wildman–Crippen LogP) is 4.87. The lowest BCUT2D eigenvalue weighted by Crippen LogP contribution is -2.42. The normalized spacial score (nSPS) is 16.6. The first kappa shape index (κ1) is 28.3. The van der Waals surface area contributed by atoms with Gasteiger partial charge in [-0.05, 0) is 36.2 Å². The average molecular weight is 585 g/mol. The Balaban J connectivity index is 1.68. The number of hydrogen-bond acceptors (Lipinski definition) is 7. The van der Waals surface area contributed by atoms with Gasteiger partial charge in [-0.1, -0.05) is 50.6 Å². The second-order valence-corrected chi connectivity index (χ2v) is 12.2. The van der Waals surface area contributed by atoms with Gasteiger partial charge >= 0.3 is 0 Å². The minimum atomic E-state index is -0.382. The van der Waals surface area contributed by atoms with E-state index in [0.29, 0.717) is 47.6 Å². The Kier molecular flexibility index (Phi) is 8.30. The quantitative estimate of drug-likeness (QED) is 0.377. The molecule has 3 heterocycles. The highest BCUT2D eigenvalue weighted by molar-refractivity contribution is 8.00. The van der Waals surface area contributed by atoms with Gasteiger partial charge in [0.05, 0.1) is 27.4 Å². The summed E-state index contributed by atoms with van der Waals surface area (Å²) in [5.74, 6) is 1.63. The highest BCUT2D eigenvalue weighted by atomic mass is 35.5. The summed E-state index contributed by atoms with van der Waals surface area (Å²) in [5.41, 5.74) is 2.89. The molecule has 3 aromatic rings. The third-order valence-electron chi connectivity index (χ3n) is 6.73. The first-order valence-corrected chi connectivity index (χ1v) is 14.6. The number of carbonyl (C=O) groups excluding carboxylic acids is 2. The fourth-order valence-electron chi connectivity index (χ4n) is 4.85. The third-order valence-corrected chi connectivity index (χ3v) is 8.30. The number of aromatic nitrogens is 2. The molecule has 1 N–H and O–H groups in total. The number of halogens is 1. The number of nitrogens with zero attached hydrogens (tertiary/aromatic N) is 3. The summed E-state index contributed by atoms with van der Waals surface area (Å²) in [7, 11) is 1.62. The van der Waals surface area contributed by atoms with Crippen molar-refractivity contribution in [1.82, 2.24) is 15.1 Å². The van der Waals surface area contributed by atoms with E-state index in [1.807, 2.05) is 36.4 Å². The summed E-state index contributed by atoms with van der Waals surface area (Å²) in [6, 6.07) is 13.2. The van der Waals surface area contributed by atoms with Gasteiger partial charge in [-0.25, -0.2) is 4.68 Å². The molecular formula is C29H33ClN4O5S. The van der Waals surface area contributed by atoms with Crippen molar-refractivity contribution in [3.63, 3.8) is 0 Å². The van der Waals surface area contributed by atoms with Crippen LogP contribution in [0.25, 0.3) is 5.69 Å². The molecule has 0 radical (unpaired) electrons. The molecule has 212 valence electrons. The average Bonchev–Trinajstić information content (AvgIpc) is 3.52. The van der Waals surface area contributed by atoms with Crippen molar-refractivity contribution in [1.29, 1.82) is 0 Å². The molecule has 1 aromatic heterocycles. The SMILES string of the molecule is COCCCNC(=O)CN1C(=O)CS[C@@H](c2ccc3c(c2)OCO3)c2c(C(C)(C)C)nn(-c3ccccc3Cl)c21. The lowest BCUT2D eigenvalue weighted by Gasteiger charge is -2.24. The highest BCUT2D eigenvalue weighted by Gasteiger charge is 2.40. The predicted molar refractivity (Wildman–Crippen MR) is 156 cm³/mol. The molecule has 2 aliphatic rings. The van der Waals surface area contributed by atoms with Crippen LogP contribution in [0.3, 0.4) is 0 Å². The van der Waals surface area contributed by atoms with Crippen LogP contribution in [-0.2, 0) is 19.7 Å². The molecule has 0 bridgehead atoms. The van der Waals surface area contributed by atoms with Crippen LogP contribution in [0.15, 0.2) is 42.5 Å². The molecule has 40 heavy (non-hydrogen) atoms. The number of benzene rings is 2. The van der Waals surface area contributed by atoms with Crippen LogP contribution in [0.4, 0.5) is 5.82 Å². The Morgan fingerprint density at radius 1 is 1.20 bits per heavy atom. The van der Waals surface area contributed by atoms with E-state index in [1.165, 1.54) is 11.8 Å². The fraction of sp³-hybridized carbons (Fsp3) is 0.414. The van der Waals surface area contributed by atoms with Gasteiger partial charge in [0.15, 0.2) is 11.5 Å². The number of fused-ring (bicyclic) bond motifs is 2. The lowest BCUT2D eigenvalue weighted by atomic mass is 9.87. The molecule has 0 fully saturated rings. The molecule has 5 rings (SSSR count). The number of ether oxygens (including phenoxy) is 3. The topological polar surface area (TPSA) is 94.9 Å². The van der Waals surface area contributed by atoms with E-state index in [-0.39, 0.29) is 41.6 Å². The number of anilines is 1. The van der Waals surface area contributed by atoms with E-state index >= 15 is 0 Å². The molecule has 0 spiro atoms. The van der Waals surface area contributed by atoms with Crippen molar-refractivity contribution in [3.05, 3.63) is 64.3 Å². The van der Waals surface area contributed by atoms with Crippen LogP contribution in [0, 0.1) is 0 Å². The zero-order valence-electron chi connectivity index (χ0n) is 23.0. The van der Waals surface area contributed by atoms with Gasteiger partial charge in [0.1, 0.15) is 12.4 Å². The molecule has 9 nitrogen and oxygen atoms in total. The standard InChI is InChI=1S/C29H33ClN4O5S/c1-29(2,3)27-25-26(18-10-11-21-22(14-18)39-17-38-21)40-16-24(36)33(15-23(35)31-12-7-13-37-4)28(25)34(32-27)20-9-6-5-8-19(20)30/h5-6,8-11,14,26H,7,12-13,15-17H2,1-4H3,(H,31,35)/t26-/m0/s1. The Morgan fingerprint density at radius 3 is 2.73 bits per heavy atom. The third kappa shape index (κ3) is 5.66. The maximum atomic E-state index is 13.8. The molecule has 2 aliphatic heterocycles. The van der Waals surface area contributed by atoms with Crippen molar-refractivity contribution < 1.29 is 23.8 Å². The summed E-state index contributed by atoms with van der Waals surface area (Å²) < 4.78 is 18.0. The van der Waals surface area contributed by atoms with Crippen LogP contribution in [0.2, 0.25) is 5.02 Å². The number of para-hydroxylation sites is 1. The second-order valence-electron chi connectivity index (χ2n) is 10.7. The largest absolute Gasteiger partial charge is 0.454 e. The molecule has 0 aliphatic carbocycles. The maximum Gasteiger partial charge on any atom is 0.240 e. The first-order valence-electron chi connectivity index (χ1n) is 13.1. The minimum Gasteiger partial charge on any atom is -0.454 e. The van der Waals surface area contributed by atoms with E-state index in [1.54, 1.807) is 22.8 Å². The van der Waals surface area contributed by atoms with Gasteiger partial charge in [0, 0.05) is 31.2 Å². The summed E-state index contributed by atoms with van der Waals surface area (Å²) in [6.07, 6.45) is 0.676. The van der Waals surface area contributed by atoms with Gasteiger partial charge in [0.2, 0.25) is 18.6 Å². The maximum absolute atomic E-state index is 13.8. The van der Waals surface area contributed by atoms with Crippen molar-refractivity contribution in [2.24, 2.45) is 0 Å². The summed E-state index contributed by atoms with van der Waals surface area (Å²) >= 11 is 8.19. The molecule has 0 saturated carbocycles. The van der Waals surface area contributed by atoms with Gasteiger partial charge in [0.25, 0.3) is 0 Å². The number of amides is 2. The smallest absolute Gasteiger partial charge is 0.240 e. The van der Waals surface area contributed by atoms with Gasteiger partial charge < -0.3 is 19.5 Å².